The van der Waals surface area contributed by atoms with E-state index in [9.17, 15) is 0 Å². The van der Waals surface area contributed by atoms with Gasteiger partial charge in [-0.15, -0.1) is 0 Å². The van der Waals surface area contributed by atoms with Crippen LogP contribution in [0.25, 0.3) is 0 Å². The van der Waals surface area contributed by atoms with Gasteiger partial charge in [-0.3, -0.25) is 0 Å². The molecule has 0 saturated carbocycles. The minimum Gasteiger partial charge on any atom is -0.381 e. The summed E-state index contributed by atoms with van der Waals surface area (Å²) in [6.07, 6.45) is 2.56. The minimum atomic E-state index is 0.746. The van der Waals surface area contributed by atoms with Crippen molar-refractivity contribution < 1.29 is 4.74 Å². The number of hydrogen-bond donors (Lipinski definition) is 1. The van der Waals surface area contributed by atoms with Crippen molar-refractivity contribution in [3.8, 4) is 0 Å². The van der Waals surface area contributed by atoms with Crippen molar-refractivity contribution in [3.05, 3.63) is 0 Å². The van der Waals surface area contributed by atoms with Crippen molar-refractivity contribution in [1.82, 2.24) is 10.2 Å². The summed E-state index contributed by atoms with van der Waals surface area (Å²) in [6, 6.07) is 0. The number of nitrogens with zero attached hydrogens (tertiary/aromatic N) is 1. The van der Waals surface area contributed by atoms with E-state index in [0.717, 1.165) is 38.8 Å². The Labute approximate surface area is 81.4 Å². The molecular weight excluding hydrogens is 164 g/mol. The summed E-state index contributed by atoms with van der Waals surface area (Å²) >= 11 is 0. The van der Waals surface area contributed by atoms with Gasteiger partial charge in [0.25, 0.3) is 0 Å². The number of rotatable bonds is 5. The van der Waals surface area contributed by atoms with Crippen LogP contribution in [0.5, 0.6) is 0 Å². The smallest absolute Gasteiger partial charge is 0.0506 e. The topological polar surface area (TPSA) is 24.5 Å². The molecule has 1 saturated heterocycles. The Kier molecular flexibility index (Phi) is 5.35. The Bertz CT molecular complexity index is 122. The van der Waals surface area contributed by atoms with Crippen molar-refractivity contribution in [1.29, 1.82) is 0 Å². The highest BCUT2D eigenvalue weighted by atomic mass is 16.5. The fourth-order valence-electron chi connectivity index (χ4n) is 1.58. The number of likely N-dealkylation sites (N-methyl/N-ethyl adjacent to an activating group) is 1. The second kappa shape index (κ2) is 6.35. The highest BCUT2D eigenvalue weighted by molar-refractivity contribution is 4.65. The molecule has 0 unspecified atom stereocenters. The van der Waals surface area contributed by atoms with E-state index in [1.54, 1.807) is 0 Å². The molecule has 1 rings (SSSR count). The van der Waals surface area contributed by atoms with Crippen LogP contribution < -0.4 is 5.32 Å². The van der Waals surface area contributed by atoms with Gasteiger partial charge < -0.3 is 15.0 Å². The Morgan fingerprint density at radius 1 is 1.46 bits per heavy atom. The van der Waals surface area contributed by atoms with E-state index in [0.29, 0.717) is 0 Å². The van der Waals surface area contributed by atoms with Crippen LogP contribution in [0.4, 0.5) is 0 Å². The zero-order valence-corrected chi connectivity index (χ0v) is 8.88. The molecule has 0 aliphatic carbocycles. The van der Waals surface area contributed by atoms with E-state index in [-0.39, 0.29) is 0 Å². The zero-order chi connectivity index (χ0) is 9.52. The first-order valence-electron chi connectivity index (χ1n) is 5.22. The van der Waals surface area contributed by atoms with Gasteiger partial charge in [0.15, 0.2) is 0 Å². The van der Waals surface area contributed by atoms with Crippen LogP contribution >= 0.6 is 0 Å². The molecule has 0 aromatic carbocycles. The second-order valence-corrected chi connectivity index (χ2v) is 4.09. The summed E-state index contributed by atoms with van der Waals surface area (Å²) in [6.45, 7) is 5.24. The Hall–Kier alpha value is -0.120. The van der Waals surface area contributed by atoms with Gasteiger partial charge in [0.1, 0.15) is 0 Å². The van der Waals surface area contributed by atoms with Gasteiger partial charge in [-0.1, -0.05) is 0 Å². The van der Waals surface area contributed by atoms with Crippen LogP contribution in [0.2, 0.25) is 0 Å². The van der Waals surface area contributed by atoms with E-state index in [4.69, 9.17) is 4.74 Å². The first-order chi connectivity index (χ1) is 6.29. The zero-order valence-electron chi connectivity index (χ0n) is 8.88. The van der Waals surface area contributed by atoms with Gasteiger partial charge in [0.2, 0.25) is 0 Å². The lowest BCUT2D eigenvalue weighted by atomic mass is 10.0. The number of nitrogens with one attached hydrogen (secondary N) is 1. The molecule has 1 aliphatic heterocycles. The highest BCUT2D eigenvalue weighted by Gasteiger charge is 2.12. The van der Waals surface area contributed by atoms with Crippen molar-refractivity contribution in [3.63, 3.8) is 0 Å². The molecule has 1 aliphatic rings. The molecule has 13 heavy (non-hydrogen) atoms. The molecule has 1 heterocycles. The normalized spacial score (nSPS) is 23.8. The summed E-state index contributed by atoms with van der Waals surface area (Å²) in [5.41, 5.74) is 0. The van der Waals surface area contributed by atoms with Gasteiger partial charge >= 0.3 is 0 Å². The lowest BCUT2D eigenvalue weighted by molar-refractivity contribution is 0.0548. The van der Waals surface area contributed by atoms with Gasteiger partial charge in [0, 0.05) is 26.2 Å². The average Bonchev–Trinajstić information content (AvgIpc) is 2.14. The predicted octanol–water partition coefficient (Wildman–Crippen LogP) is 0.564. The van der Waals surface area contributed by atoms with Crippen LogP contribution in [0, 0.1) is 5.92 Å². The molecule has 0 amide bonds. The monoisotopic (exact) mass is 186 g/mol. The molecule has 0 aromatic rings. The highest BCUT2D eigenvalue weighted by Crippen LogP contribution is 2.11. The van der Waals surface area contributed by atoms with E-state index in [2.05, 4.69) is 24.3 Å². The SMILES string of the molecule is CN(C)CCNC[C@@H]1CCCOC1. The summed E-state index contributed by atoms with van der Waals surface area (Å²) in [5.74, 6) is 0.746. The maximum absolute atomic E-state index is 5.41. The predicted molar refractivity (Wildman–Crippen MR) is 55.0 cm³/mol. The van der Waals surface area contributed by atoms with Crippen molar-refractivity contribution in [2.75, 3.05) is 46.9 Å². The summed E-state index contributed by atoms with van der Waals surface area (Å²) in [5, 5.41) is 3.46. The first kappa shape index (κ1) is 11.0. The van der Waals surface area contributed by atoms with Gasteiger partial charge in [-0.05, 0) is 32.9 Å². The van der Waals surface area contributed by atoms with Gasteiger partial charge in [-0.2, -0.15) is 0 Å². The Morgan fingerprint density at radius 2 is 2.31 bits per heavy atom. The molecule has 0 aromatic heterocycles. The van der Waals surface area contributed by atoms with Crippen molar-refractivity contribution in [2.45, 2.75) is 12.8 Å². The quantitative estimate of drug-likeness (QED) is 0.635. The van der Waals surface area contributed by atoms with E-state index in [1.165, 1.54) is 12.8 Å². The number of hydrogen-bond acceptors (Lipinski definition) is 3. The lowest BCUT2D eigenvalue weighted by Crippen LogP contribution is -2.33. The van der Waals surface area contributed by atoms with Crippen molar-refractivity contribution >= 4 is 0 Å². The van der Waals surface area contributed by atoms with E-state index < -0.39 is 0 Å². The number of ether oxygens (including phenoxy) is 1. The summed E-state index contributed by atoms with van der Waals surface area (Å²) in [7, 11) is 4.21. The molecule has 3 heteroatoms. The summed E-state index contributed by atoms with van der Waals surface area (Å²) in [4.78, 5) is 2.20. The third kappa shape index (κ3) is 5.24. The largest absolute Gasteiger partial charge is 0.381 e. The molecular formula is C10H22N2O. The van der Waals surface area contributed by atoms with E-state index >= 15 is 0 Å². The fourth-order valence-corrected chi connectivity index (χ4v) is 1.58. The van der Waals surface area contributed by atoms with Crippen LogP contribution in [0.3, 0.4) is 0 Å². The van der Waals surface area contributed by atoms with E-state index in [1.807, 2.05) is 0 Å². The average molecular weight is 186 g/mol. The van der Waals surface area contributed by atoms with Crippen molar-refractivity contribution in [2.24, 2.45) is 5.92 Å². The third-order valence-corrected chi connectivity index (χ3v) is 2.42. The van der Waals surface area contributed by atoms with Crippen LogP contribution in [0.1, 0.15) is 12.8 Å². The third-order valence-electron chi connectivity index (χ3n) is 2.42. The Balaban J connectivity index is 1.92. The molecule has 1 N–H and O–H groups in total. The fraction of sp³-hybridized carbons (Fsp3) is 1.00. The molecule has 0 spiro atoms. The molecule has 0 radical (unpaired) electrons. The van der Waals surface area contributed by atoms with Crippen LogP contribution in [0.15, 0.2) is 0 Å². The van der Waals surface area contributed by atoms with Gasteiger partial charge in [-0.25, -0.2) is 0 Å². The minimum absolute atomic E-state index is 0.746. The molecule has 0 bridgehead atoms. The lowest BCUT2D eigenvalue weighted by Gasteiger charge is -2.22. The van der Waals surface area contributed by atoms with Gasteiger partial charge in [0.05, 0.1) is 6.61 Å². The second-order valence-electron chi connectivity index (χ2n) is 4.09. The summed E-state index contributed by atoms with van der Waals surface area (Å²) < 4.78 is 5.41. The molecule has 1 fully saturated rings. The molecule has 3 nitrogen and oxygen atoms in total. The van der Waals surface area contributed by atoms with Crippen LogP contribution in [-0.4, -0.2) is 51.8 Å². The standard InChI is InChI=1S/C10H22N2O/c1-12(2)6-5-11-8-10-4-3-7-13-9-10/h10-11H,3-9H2,1-2H3/t10-/m0/s1. The molecule has 78 valence electrons. The maximum Gasteiger partial charge on any atom is 0.0506 e. The first-order valence-corrected chi connectivity index (χ1v) is 5.22. The molecule has 1 atom stereocenters. The Morgan fingerprint density at radius 3 is 2.92 bits per heavy atom. The maximum atomic E-state index is 5.41. The van der Waals surface area contributed by atoms with Crippen LogP contribution in [-0.2, 0) is 4.74 Å².